The molecule has 2 N–H and O–H groups in total. The molecule has 0 heterocycles. The smallest absolute Gasteiger partial charge is 0.0488 e. The van der Waals surface area contributed by atoms with E-state index in [0.29, 0.717) is 12.0 Å². The van der Waals surface area contributed by atoms with Gasteiger partial charge in [-0.2, -0.15) is 0 Å². The van der Waals surface area contributed by atoms with Crippen LogP contribution in [0.1, 0.15) is 32.6 Å². The first-order chi connectivity index (χ1) is 6.20. The Balaban J connectivity index is 3.37. The molecule has 0 spiro atoms. The minimum atomic E-state index is 0.324. The molecule has 0 aromatic rings. The minimum absolute atomic E-state index is 0.324. The molecular formula is C11H23NO. The lowest BCUT2D eigenvalue weighted by Gasteiger charge is -2.15. The number of hydrogen-bond donors (Lipinski definition) is 1. The summed E-state index contributed by atoms with van der Waals surface area (Å²) in [4.78, 5) is 0. The van der Waals surface area contributed by atoms with E-state index < -0.39 is 0 Å². The third-order valence-electron chi connectivity index (χ3n) is 2.14. The molecule has 2 nitrogen and oxygen atoms in total. The fourth-order valence-electron chi connectivity index (χ4n) is 1.51. The van der Waals surface area contributed by atoms with Crippen LogP contribution in [0.5, 0.6) is 0 Å². The van der Waals surface area contributed by atoms with E-state index >= 15 is 0 Å². The zero-order valence-corrected chi connectivity index (χ0v) is 8.96. The van der Waals surface area contributed by atoms with Crippen LogP contribution in [-0.4, -0.2) is 19.8 Å². The van der Waals surface area contributed by atoms with Gasteiger partial charge in [-0.15, -0.1) is 6.58 Å². The second kappa shape index (κ2) is 8.27. The van der Waals surface area contributed by atoms with E-state index in [4.69, 9.17) is 10.5 Å². The van der Waals surface area contributed by atoms with Crippen molar-refractivity contribution in [1.82, 2.24) is 0 Å². The van der Waals surface area contributed by atoms with Crippen molar-refractivity contribution in [2.45, 2.75) is 38.6 Å². The van der Waals surface area contributed by atoms with E-state index in [1.807, 2.05) is 6.08 Å². The molecule has 0 radical (unpaired) electrons. The maximum Gasteiger partial charge on any atom is 0.0488 e. The zero-order valence-electron chi connectivity index (χ0n) is 8.96. The van der Waals surface area contributed by atoms with E-state index in [1.54, 1.807) is 7.11 Å². The fourth-order valence-corrected chi connectivity index (χ4v) is 1.51. The number of methoxy groups -OCH3 is 1. The first kappa shape index (κ1) is 12.7. The molecule has 0 saturated carbocycles. The van der Waals surface area contributed by atoms with Gasteiger partial charge in [-0.3, -0.25) is 0 Å². The van der Waals surface area contributed by atoms with Gasteiger partial charge >= 0.3 is 0 Å². The fraction of sp³-hybridized carbons (Fsp3) is 0.818. The van der Waals surface area contributed by atoms with E-state index in [-0.39, 0.29) is 0 Å². The van der Waals surface area contributed by atoms with Crippen molar-refractivity contribution in [3.05, 3.63) is 12.7 Å². The van der Waals surface area contributed by atoms with E-state index in [1.165, 1.54) is 0 Å². The highest BCUT2D eigenvalue weighted by atomic mass is 16.5. The second-order valence-corrected chi connectivity index (χ2v) is 3.78. The van der Waals surface area contributed by atoms with Gasteiger partial charge in [0, 0.05) is 19.8 Å². The molecule has 2 atom stereocenters. The van der Waals surface area contributed by atoms with Crippen LogP contribution in [0.3, 0.4) is 0 Å². The second-order valence-electron chi connectivity index (χ2n) is 3.78. The summed E-state index contributed by atoms with van der Waals surface area (Å²) in [5, 5.41) is 0. The summed E-state index contributed by atoms with van der Waals surface area (Å²) in [5.41, 5.74) is 5.96. The van der Waals surface area contributed by atoms with Gasteiger partial charge in [-0.05, 0) is 31.6 Å². The predicted octanol–water partition coefficient (Wildman–Crippen LogP) is 2.34. The van der Waals surface area contributed by atoms with Crippen LogP contribution in [0, 0.1) is 5.92 Å². The van der Waals surface area contributed by atoms with Crippen LogP contribution < -0.4 is 5.73 Å². The van der Waals surface area contributed by atoms with Crippen molar-refractivity contribution >= 4 is 0 Å². The first-order valence-electron chi connectivity index (χ1n) is 5.06. The third kappa shape index (κ3) is 8.00. The predicted molar refractivity (Wildman–Crippen MR) is 57.7 cm³/mol. The quantitative estimate of drug-likeness (QED) is 0.465. The molecule has 0 fully saturated rings. The Morgan fingerprint density at radius 1 is 1.54 bits per heavy atom. The Kier molecular flexibility index (Phi) is 8.05. The van der Waals surface area contributed by atoms with E-state index in [2.05, 4.69) is 13.5 Å². The van der Waals surface area contributed by atoms with Gasteiger partial charge in [0.15, 0.2) is 0 Å². The zero-order chi connectivity index (χ0) is 10.1. The Labute approximate surface area is 82.2 Å². The maximum atomic E-state index is 5.96. The summed E-state index contributed by atoms with van der Waals surface area (Å²) >= 11 is 0. The molecule has 0 aliphatic carbocycles. The lowest BCUT2D eigenvalue weighted by Crippen LogP contribution is -2.24. The normalized spacial score (nSPS) is 15.3. The molecule has 0 aliphatic rings. The topological polar surface area (TPSA) is 35.2 Å². The summed E-state index contributed by atoms with van der Waals surface area (Å²) in [6.45, 7) is 6.68. The number of nitrogens with two attached hydrogens (primary N) is 1. The molecule has 0 aromatic carbocycles. The van der Waals surface area contributed by atoms with Gasteiger partial charge in [0.25, 0.3) is 0 Å². The van der Waals surface area contributed by atoms with Crippen LogP contribution in [0.2, 0.25) is 0 Å². The third-order valence-corrected chi connectivity index (χ3v) is 2.14. The molecule has 78 valence electrons. The summed E-state index contributed by atoms with van der Waals surface area (Å²) in [5.74, 6) is 0.573. The Morgan fingerprint density at radius 2 is 2.23 bits per heavy atom. The highest BCUT2D eigenvalue weighted by Gasteiger charge is 2.07. The van der Waals surface area contributed by atoms with Gasteiger partial charge in [0.1, 0.15) is 0 Å². The van der Waals surface area contributed by atoms with Crippen molar-refractivity contribution in [2.24, 2.45) is 11.7 Å². The SMILES string of the molecule is C=CCCCC(N)CC(C)COC. The molecule has 2 heteroatoms. The van der Waals surface area contributed by atoms with Gasteiger partial charge in [0.05, 0.1) is 0 Å². The largest absolute Gasteiger partial charge is 0.384 e. The van der Waals surface area contributed by atoms with Gasteiger partial charge in [-0.1, -0.05) is 13.0 Å². The van der Waals surface area contributed by atoms with E-state index in [9.17, 15) is 0 Å². The molecule has 0 saturated heterocycles. The van der Waals surface area contributed by atoms with Crippen LogP contribution in [0.15, 0.2) is 12.7 Å². The van der Waals surface area contributed by atoms with Crippen molar-refractivity contribution in [2.75, 3.05) is 13.7 Å². The molecule has 0 amide bonds. The molecule has 0 rings (SSSR count). The Hall–Kier alpha value is -0.340. The number of unbranched alkanes of at least 4 members (excludes halogenated alkanes) is 1. The minimum Gasteiger partial charge on any atom is -0.384 e. The molecule has 0 aliphatic heterocycles. The highest BCUT2D eigenvalue weighted by molar-refractivity contribution is 4.70. The first-order valence-corrected chi connectivity index (χ1v) is 5.06. The lowest BCUT2D eigenvalue weighted by molar-refractivity contribution is 0.151. The van der Waals surface area contributed by atoms with Gasteiger partial charge in [0.2, 0.25) is 0 Å². The summed E-state index contributed by atoms with van der Waals surface area (Å²) in [7, 11) is 1.74. The summed E-state index contributed by atoms with van der Waals surface area (Å²) < 4.78 is 5.06. The molecule has 0 aromatic heterocycles. The molecular weight excluding hydrogens is 162 g/mol. The van der Waals surface area contributed by atoms with Gasteiger partial charge < -0.3 is 10.5 Å². The average molecular weight is 185 g/mol. The maximum absolute atomic E-state index is 5.96. The summed E-state index contributed by atoms with van der Waals surface area (Å²) in [6, 6.07) is 0.324. The number of hydrogen-bond acceptors (Lipinski definition) is 2. The van der Waals surface area contributed by atoms with E-state index in [0.717, 1.165) is 32.3 Å². The van der Waals surface area contributed by atoms with Crippen LogP contribution >= 0.6 is 0 Å². The van der Waals surface area contributed by atoms with Crippen LogP contribution in [-0.2, 0) is 4.74 Å². The van der Waals surface area contributed by atoms with Crippen molar-refractivity contribution in [3.63, 3.8) is 0 Å². The lowest BCUT2D eigenvalue weighted by atomic mass is 9.99. The highest BCUT2D eigenvalue weighted by Crippen LogP contribution is 2.10. The summed E-state index contributed by atoms with van der Waals surface area (Å²) in [6.07, 6.45) is 6.34. The number of allylic oxidation sites excluding steroid dienone is 1. The molecule has 13 heavy (non-hydrogen) atoms. The molecule has 2 unspecified atom stereocenters. The molecule has 0 bridgehead atoms. The van der Waals surface area contributed by atoms with Crippen LogP contribution in [0.4, 0.5) is 0 Å². The van der Waals surface area contributed by atoms with Crippen LogP contribution in [0.25, 0.3) is 0 Å². The standard InChI is InChI=1S/C11H23NO/c1-4-5-6-7-11(12)8-10(2)9-13-3/h4,10-11H,1,5-9,12H2,2-3H3. The monoisotopic (exact) mass is 185 g/mol. The van der Waals surface area contributed by atoms with Gasteiger partial charge in [-0.25, -0.2) is 0 Å². The van der Waals surface area contributed by atoms with Crippen molar-refractivity contribution in [1.29, 1.82) is 0 Å². The van der Waals surface area contributed by atoms with Crippen molar-refractivity contribution < 1.29 is 4.74 Å². The number of ether oxygens (including phenoxy) is 1. The number of rotatable bonds is 8. The van der Waals surface area contributed by atoms with Crippen molar-refractivity contribution in [3.8, 4) is 0 Å². The Bertz CT molecular complexity index is 125. The average Bonchev–Trinajstić information content (AvgIpc) is 2.05. The Morgan fingerprint density at radius 3 is 2.77 bits per heavy atom.